The minimum Gasteiger partial charge on any atom is -0.383 e. The predicted octanol–water partition coefficient (Wildman–Crippen LogP) is 4.82. The molecule has 1 amide bonds. The van der Waals surface area contributed by atoms with Gasteiger partial charge in [0.15, 0.2) is 0 Å². The molecule has 2 aliphatic rings. The highest BCUT2D eigenvalue weighted by Crippen LogP contribution is 2.35. The molecule has 1 fully saturated rings. The van der Waals surface area contributed by atoms with E-state index < -0.39 is 0 Å². The zero-order chi connectivity index (χ0) is 20.9. The topological polar surface area (TPSA) is 81.3 Å². The summed E-state index contributed by atoms with van der Waals surface area (Å²) in [5, 5.41) is 0.963. The van der Waals surface area contributed by atoms with E-state index in [1.807, 2.05) is 28.6 Å². The first kappa shape index (κ1) is 18.7. The molecule has 6 rings (SSSR count). The molecule has 0 aliphatic carbocycles. The number of hydrogen-bond donors (Lipinski definition) is 1. The lowest BCUT2D eigenvalue weighted by Crippen LogP contribution is -2.38. The molecule has 7 heteroatoms. The molecule has 156 valence electrons. The number of piperidine rings is 1. The Kier molecular flexibility index (Phi) is 4.40. The van der Waals surface area contributed by atoms with E-state index in [0.29, 0.717) is 24.6 Å². The number of pyridine rings is 1. The minimum absolute atomic E-state index is 0.0643. The molecule has 0 bridgehead atoms. The maximum absolute atomic E-state index is 13.6. The zero-order valence-electron chi connectivity index (χ0n) is 17.0. The highest BCUT2D eigenvalue weighted by Gasteiger charge is 2.29. The van der Waals surface area contributed by atoms with E-state index in [0.717, 1.165) is 58.9 Å². The van der Waals surface area contributed by atoms with Crippen LogP contribution in [0.4, 0.5) is 5.82 Å². The number of anilines is 1. The molecule has 0 spiro atoms. The Bertz CT molecular complexity index is 1330. The van der Waals surface area contributed by atoms with Crippen LogP contribution in [0.3, 0.4) is 0 Å². The first-order valence-corrected chi connectivity index (χ1v) is 11.5. The van der Waals surface area contributed by atoms with Gasteiger partial charge < -0.3 is 15.4 Å². The number of fused-ring (bicyclic) bond motifs is 4. The molecular weight excluding hydrogens is 408 g/mol. The highest BCUT2D eigenvalue weighted by molar-refractivity contribution is 7.16. The van der Waals surface area contributed by atoms with Gasteiger partial charge in [0.05, 0.1) is 40.5 Å². The number of ether oxygens (including phenoxy) is 1. The normalized spacial score (nSPS) is 18.6. The number of nitrogens with zero attached hydrogens (tertiary/aromatic N) is 3. The molecule has 2 N–H and O–H groups in total. The van der Waals surface area contributed by atoms with Crippen molar-refractivity contribution in [3.63, 3.8) is 0 Å². The van der Waals surface area contributed by atoms with Crippen molar-refractivity contribution in [2.75, 3.05) is 12.3 Å². The van der Waals surface area contributed by atoms with Crippen LogP contribution in [0, 0.1) is 0 Å². The van der Waals surface area contributed by atoms with Crippen LogP contribution in [0.15, 0.2) is 41.9 Å². The Morgan fingerprint density at radius 3 is 2.94 bits per heavy atom. The van der Waals surface area contributed by atoms with Gasteiger partial charge in [0.2, 0.25) is 0 Å². The summed E-state index contributed by atoms with van der Waals surface area (Å²) in [5.41, 5.74) is 13.6. The average Bonchev–Trinajstić information content (AvgIpc) is 3.48. The van der Waals surface area contributed by atoms with Gasteiger partial charge in [0, 0.05) is 23.1 Å². The molecular formula is C24H22N4O2S. The first-order chi connectivity index (χ1) is 15.2. The Labute approximate surface area is 183 Å². The first-order valence-electron chi connectivity index (χ1n) is 10.6. The third-order valence-corrected chi connectivity index (χ3v) is 7.29. The van der Waals surface area contributed by atoms with Gasteiger partial charge in [0.1, 0.15) is 5.82 Å². The van der Waals surface area contributed by atoms with Crippen LogP contribution < -0.4 is 5.73 Å². The second-order valence-corrected chi connectivity index (χ2v) is 9.15. The summed E-state index contributed by atoms with van der Waals surface area (Å²) in [6, 6.07) is 12.2. The Balaban J connectivity index is 1.39. The molecule has 4 aromatic rings. The number of likely N-dealkylation sites (tertiary alicyclic amines) is 1. The number of hydrogen-bond acceptors (Lipinski definition) is 6. The van der Waals surface area contributed by atoms with Crippen molar-refractivity contribution in [3.8, 4) is 0 Å². The summed E-state index contributed by atoms with van der Waals surface area (Å²) in [6.45, 7) is 1.75. The highest BCUT2D eigenvalue weighted by atomic mass is 32.1. The van der Waals surface area contributed by atoms with Crippen molar-refractivity contribution in [2.24, 2.45) is 0 Å². The standard InChI is InChI=1S/C24H22N4O2S/c25-23-18-12-30-11-17(18)16-9-15(4-6-19(16)27-23)24(29)28-8-2-1-3-21(28)14-5-7-22-20(10-14)26-13-31-22/h4-7,9-10,13,21H,1-3,8,11-12H2,(H2,25,27). The quantitative estimate of drug-likeness (QED) is 0.493. The van der Waals surface area contributed by atoms with Gasteiger partial charge in [-0.25, -0.2) is 9.97 Å². The van der Waals surface area contributed by atoms with Gasteiger partial charge in [0.25, 0.3) is 5.91 Å². The van der Waals surface area contributed by atoms with Crippen LogP contribution in [-0.4, -0.2) is 27.3 Å². The van der Waals surface area contributed by atoms with E-state index in [9.17, 15) is 4.79 Å². The zero-order valence-corrected chi connectivity index (χ0v) is 17.8. The van der Waals surface area contributed by atoms with Crippen molar-refractivity contribution in [1.82, 2.24) is 14.9 Å². The molecule has 2 aromatic heterocycles. The van der Waals surface area contributed by atoms with Crippen LogP contribution in [0.25, 0.3) is 21.1 Å². The van der Waals surface area contributed by atoms with Crippen molar-refractivity contribution in [2.45, 2.75) is 38.5 Å². The lowest BCUT2D eigenvalue weighted by molar-refractivity contribution is 0.0612. The second kappa shape index (κ2) is 7.28. The maximum atomic E-state index is 13.6. The molecule has 1 unspecified atom stereocenters. The minimum atomic E-state index is 0.0643. The van der Waals surface area contributed by atoms with Gasteiger partial charge in [-0.15, -0.1) is 11.3 Å². The predicted molar refractivity (Wildman–Crippen MR) is 122 cm³/mol. The fourth-order valence-electron chi connectivity index (χ4n) is 4.87. The van der Waals surface area contributed by atoms with E-state index in [1.165, 1.54) is 4.70 Å². The molecule has 2 aromatic carbocycles. The fourth-order valence-corrected chi connectivity index (χ4v) is 5.53. The van der Waals surface area contributed by atoms with E-state index >= 15 is 0 Å². The van der Waals surface area contributed by atoms with Crippen LogP contribution in [-0.2, 0) is 18.0 Å². The lowest BCUT2D eigenvalue weighted by Gasteiger charge is -2.36. The van der Waals surface area contributed by atoms with Gasteiger partial charge in [-0.1, -0.05) is 6.07 Å². The number of amides is 1. The van der Waals surface area contributed by atoms with Gasteiger partial charge in [-0.3, -0.25) is 4.79 Å². The number of nitrogens with two attached hydrogens (primary N) is 1. The summed E-state index contributed by atoms with van der Waals surface area (Å²) in [4.78, 5) is 24.6. The lowest BCUT2D eigenvalue weighted by atomic mass is 9.94. The van der Waals surface area contributed by atoms with Gasteiger partial charge in [-0.05, 0) is 60.7 Å². The van der Waals surface area contributed by atoms with E-state index in [4.69, 9.17) is 10.5 Å². The maximum Gasteiger partial charge on any atom is 0.254 e. The number of rotatable bonds is 2. The fraction of sp³-hybridized carbons (Fsp3) is 0.292. The molecule has 6 nitrogen and oxygen atoms in total. The summed E-state index contributed by atoms with van der Waals surface area (Å²) < 4.78 is 6.78. The summed E-state index contributed by atoms with van der Waals surface area (Å²) in [7, 11) is 0. The van der Waals surface area contributed by atoms with Gasteiger partial charge >= 0.3 is 0 Å². The number of aromatic nitrogens is 2. The largest absolute Gasteiger partial charge is 0.383 e. The number of nitrogen functional groups attached to an aromatic ring is 1. The molecule has 0 saturated carbocycles. The molecule has 31 heavy (non-hydrogen) atoms. The number of benzene rings is 2. The molecule has 1 saturated heterocycles. The average molecular weight is 431 g/mol. The number of carbonyl (C=O) groups is 1. The second-order valence-electron chi connectivity index (χ2n) is 8.27. The molecule has 4 heterocycles. The molecule has 2 aliphatic heterocycles. The van der Waals surface area contributed by atoms with Crippen molar-refractivity contribution in [1.29, 1.82) is 0 Å². The third-order valence-electron chi connectivity index (χ3n) is 6.48. The smallest absolute Gasteiger partial charge is 0.254 e. The van der Waals surface area contributed by atoms with Crippen molar-refractivity contribution in [3.05, 3.63) is 64.2 Å². The summed E-state index contributed by atoms with van der Waals surface area (Å²) in [5.74, 6) is 0.585. The van der Waals surface area contributed by atoms with E-state index in [-0.39, 0.29) is 11.9 Å². The Hall–Kier alpha value is -3.03. The number of carbonyl (C=O) groups excluding carboxylic acids is 1. The summed E-state index contributed by atoms with van der Waals surface area (Å²) in [6.07, 6.45) is 3.11. The van der Waals surface area contributed by atoms with E-state index in [1.54, 1.807) is 11.3 Å². The van der Waals surface area contributed by atoms with Crippen LogP contribution in [0.5, 0.6) is 0 Å². The monoisotopic (exact) mass is 430 g/mol. The van der Waals surface area contributed by atoms with Crippen molar-refractivity contribution >= 4 is 44.2 Å². The SMILES string of the molecule is Nc1nc2ccc(C(=O)N3CCCCC3c3ccc4scnc4c3)cc2c2c1COC2. The Morgan fingerprint density at radius 1 is 1.10 bits per heavy atom. The van der Waals surface area contributed by atoms with Crippen LogP contribution in [0.1, 0.15) is 52.4 Å². The molecule has 1 atom stereocenters. The number of thiazole rings is 1. The van der Waals surface area contributed by atoms with Gasteiger partial charge in [-0.2, -0.15) is 0 Å². The third kappa shape index (κ3) is 3.07. The van der Waals surface area contributed by atoms with E-state index in [2.05, 4.69) is 28.2 Å². The van der Waals surface area contributed by atoms with Crippen LogP contribution in [0.2, 0.25) is 0 Å². The summed E-state index contributed by atoms with van der Waals surface area (Å²) >= 11 is 1.64. The molecule has 0 radical (unpaired) electrons. The Morgan fingerprint density at radius 2 is 2.00 bits per heavy atom. The van der Waals surface area contributed by atoms with Crippen molar-refractivity contribution < 1.29 is 9.53 Å². The van der Waals surface area contributed by atoms with Crippen LogP contribution >= 0.6 is 11.3 Å².